The van der Waals surface area contributed by atoms with E-state index in [1.165, 1.54) is 43.7 Å². The minimum Gasteiger partial charge on any atom is -0.495 e. The molecule has 0 aliphatic rings. The number of carbonyl (C=O) groups is 1. The Labute approximate surface area is 199 Å². The zero-order valence-corrected chi connectivity index (χ0v) is 20.2. The molecule has 0 bridgehead atoms. The van der Waals surface area contributed by atoms with Crippen LogP contribution in [0, 0.1) is 6.92 Å². The standard InChI is InChI=1S/C21H19BrClN3O5S/c1-14-18(22)11-16(31-14)12-24-25-21(27)13-26(15-8-9-20(30-2)19(23)10-15)32(28,29)17-6-4-3-5-7-17/h3-12H,13H2,1-2H3,(H,25,27)/b24-12-. The van der Waals surface area contributed by atoms with Gasteiger partial charge in [-0.1, -0.05) is 29.8 Å². The molecule has 0 fully saturated rings. The molecule has 1 aromatic heterocycles. The summed E-state index contributed by atoms with van der Waals surface area (Å²) >= 11 is 9.51. The summed E-state index contributed by atoms with van der Waals surface area (Å²) in [5.41, 5.74) is 2.51. The molecule has 11 heteroatoms. The van der Waals surface area contributed by atoms with Crippen LogP contribution in [0.15, 0.2) is 73.5 Å². The summed E-state index contributed by atoms with van der Waals surface area (Å²) in [6.45, 7) is 1.24. The molecule has 32 heavy (non-hydrogen) atoms. The predicted molar refractivity (Wildman–Crippen MR) is 126 cm³/mol. The highest BCUT2D eigenvalue weighted by atomic mass is 79.9. The molecule has 0 aliphatic heterocycles. The lowest BCUT2D eigenvalue weighted by Gasteiger charge is -2.24. The average Bonchev–Trinajstić information content (AvgIpc) is 3.09. The van der Waals surface area contributed by atoms with Gasteiger partial charge in [-0.3, -0.25) is 9.10 Å². The average molecular weight is 541 g/mol. The number of rotatable bonds is 8. The lowest BCUT2D eigenvalue weighted by molar-refractivity contribution is -0.119. The zero-order chi connectivity index (χ0) is 23.3. The number of aryl methyl sites for hydroxylation is 1. The van der Waals surface area contributed by atoms with Crippen LogP contribution in [0.1, 0.15) is 11.5 Å². The van der Waals surface area contributed by atoms with Gasteiger partial charge in [-0.15, -0.1) is 0 Å². The first kappa shape index (κ1) is 23.8. The lowest BCUT2D eigenvalue weighted by Crippen LogP contribution is -2.39. The summed E-state index contributed by atoms with van der Waals surface area (Å²) in [6, 6.07) is 13.9. The van der Waals surface area contributed by atoms with Crippen molar-refractivity contribution in [1.82, 2.24) is 5.43 Å². The Morgan fingerprint density at radius 2 is 1.97 bits per heavy atom. The van der Waals surface area contributed by atoms with Gasteiger partial charge in [-0.25, -0.2) is 13.8 Å². The van der Waals surface area contributed by atoms with Crippen LogP contribution >= 0.6 is 27.5 Å². The van der Waals surface area contributed by atoms with Crippen molar-refractivity contribution < 1.29 is 22.4 Å². The number of hydrazone groups is 1. The third-order valence-electron chi connectivity index (χ3n) is 4.30. The molecule has 2 aromatic carbocycles. The molecule has 0 atom stereocenters. The second kappa shape index (κ2) is 10.2. The third kappa shape index (κ3) is 5.50. The highest BCUT2D eigenvalue weighted by Gasteiger charge is 2.27. The highest BCUT2D eigenvalue weighted by Crippen LogP contribution is 2.31. The van der Waals surface area contributed by atoms with Crippen molar-refractivity contribution in [2.24, 2.45) is 5.10 Å². The van der Waals surface area contributed by atoms with Crippen molar-refractivity contribution >= 4 is 55.4 Å². The highest BCUT2D eigenvalue weighted by molar-refractivity contribution is 9.10. The van der Waals surface area contributed by atoms with Gasteiger partial charge in [0.1, 0.15) is 23.8 Å². The Morgan fingerprint density at radius 3 is 2.56 bits per heavy atom. The van der Waals surface area contributed by atoms with Crippen molar-refractivity contribution in [3.05, 3.63) is 75.6 Å². The van der Waals surface area contributed by atoms with Crippen LogP contribution in [-0.2, 0) is 14.8 Å². The Hall–Kier alpha value is -2.82. The molecule has 168 valence electrons. The molecule has 1 heterocycles. The van der Waals surface area contributed by atoms with Gasteiger partial charge >= 0.3 is 0 Å². The molecule has 0 radical (unpaired) electrons. The van der Waals surface area contributed by atoms with E-state index in [1.807, 2.05) is 0 Å². The number of nitrogens with one attached hydrogen (secondary N) is 1. The molecule has 0 spiro atoms. The quantitative estimate of drug-likeness (QED) is 0.338. The summed E-state index contributed by atoms with van der Waals surface area (Å²) < 4.78 is 38.8. The lowest BCUT2D eigenvalue weighted by atomic mass is 10.3. The van der Waals surface area contributed by atoms with Crippen LogP contribution in [-0.4, -0.2) is 34.2 Å². The van der Waals surface area contributed by atoms with E-state index in [0.717, 1.165) is 8.78 Å². The van der Waals surface area contributed by atoms with Gasteiger partial charge in [0.15, 0.2) is 0 Å². The Balaban J connectivity index is 1.87. The molecular weight excluding hydrogens is 522 g/mol. The van der Waals surface area contributed by atoms with Gasteiger partial charge in [0, 0.05) is 6.07 Å². The molecule has 0 saturated carbocycles. The summed E-state index contributed by atoms with van der Waals surface area (Å²) in [5, 5.41) is 4.04. The number of ether oxygens (including phenoxy) is 1. The number of methoxy groups -OCH3 is 1. The Morgan fingerprint density at radius 1 is 1.25 bits per heavy atom. The minimum atomic E-state index is -4.07. The first-order valence-electron chi connectivity index (χ1n) is 9.21. The van der Waals surface area contributed by atoms with Gasteiger partial charge in [-0.05, 0) is 53.2 Å². The van der Waals surface area contributed by atoms with Gasteiger partial charge in [0.2, 0.25) is 0 Å². The van der Waals surface area contributed by atoms with E-state index in [-0.39, 0.29) is 15.6 Å². The monoisotopic (exact) mass is 539 g/mol. The number of hydrogen-bond donors (Lipinski definition) is 1. The van der Waals surface area contributed by atoms with E-state index in [1.54, 1.807) is 31.2 Å². The van der Waals surface area contributed by atoms with Gasteiger partial charge in [-0.2, -0.15) is 5.10 Å². The van der Waals surface area contributed by atoms with E-state index < -0.39 is 22.5 Å². The first-order chi connectivity index (χ1) is 15.2. The molecule has 0 saturated heterocycles. The number of carbonyl (C=O) groups excluding carboxylic acids is 1. The topological polar surface area (TPSA) is 101 Å². The molecule has 3 aromatic rings. The van der Waals surface area contributed by atoms with E-state index >= 15 is 0 Å². The van der Waals surface area contributed by atoms with Crippen LogP contribution in [0.5, 0.6) is 5.75 Å². The maximum absolute atomic E-state index is 13.3. The van der Waals surface area contributed by atoms with Gasteiger partial charge in [0.25, 0.3) is 15.9 Å². The smallest absolute Gasteiger partial charge is 0.264 e. The number of hydrogen-bond acceptors (Lipinski definition) is 6. The van der Waals surface area contributed by atoms with Crippen molar-refractivity contribution in [2.45, 2.75) is 11.8 Å². The molecule has 1 N–H and O–H groups in total. The van der Waals surface area contributed by atoms with Crippen LogP contribution in [0.2, 0.25) is 5.02 Å². The second-order valence-corrected chi connectivity index (χ2v) is 9.61. The SMILES string of the molecule is COc1ccc(N(CC(=O)N/N=C\c2cc(Br)c(C)o2)S(=O)(=O)c2ccccc2)cc1Cl. The van der Waals surface area contributed by atoms with E-state index in [0.29, 0.717) is 17.3 Å². The van der Waals surface area contributed by atoms with Crippen LogP contribution in [0.4, 0.5) is 5.69 Å². The van der Waals surface area contributed by atoms with Crippen LogP contribution in [0.3, 0.4) is 0 Å². The number of sulfonamides is 1. The molecule has 0 aliphatic carbocycles. The van der Waals surface area contributed by atoms with Crippen molar-refractivity contribution in [3.63, 3.8) is 0 Å². The number of anilines is 1. The number of halogens is 2. The summed E-state index contributed by atoms with van der Waals surface area (Å²) in [5.74, 6) is 0.802. The van der Waals surface area contributed by atoms with Crippen molar-refractivity contribution in [3.8, 4) is 5.75 Å². The molecular formula is C21H19BrClN3O5S. The molecule has 3 rings (SSSR count). The Bertz CT molecular complexity index is 1230. The molecule has 8 nitrogen and oxygen atoms in total. The molecule has 1 amide bonds. The van der Waals surface area contributed by atoms with Crippen molar-refractivity contribution in [1.29, 1.82) is 0 Å². The van der Waals surface area contributed by atoms with E-state index in [2.05, 4.69) is 26.5 Å². The summed E-state index contributed by atoms with van der Waals surface area (Å²) in [7, 11) is -2.62. The summed E-state index contributed by atoms with van der Waals surface area (Å²) in [6.07, 6.45) is 1.32. The maximum atomic E-state index is 13.3. The number of amides is 1. The summed E-state index contributed by atoms with van der Waals surface area (Å²) in [4.78, 5) is 12.6. The van der Waals surface area contributed by atoms with Crippen LogP contribution in [0.25, 0.3) is 0 Å². The van der Waals surface area contributed by atoms with Crippen molar-refractivity contribution in [2.75, 3.05) is 18.0 Å². The normalized spacial score (nSPS) is 11.5. The largest absolute Gasteiger partial charge is 0.495 e. The van der Waals surface area contributed by atoms with Gasteiger partial charge in [0.05, 0.1) is 33.4 Å². The van der Waals surface area contributed by atoms with Gasteiger partial charge < -0.3 is 9.15 Å². The maximum Gasteiger partial charge on any atom is 0.264 e. The number of furan rings is 1. The third-order valence-corrected chi connectivity index (χ3v) is 7.17. The number of benzene rings is 2. The Kier molecular flexibility index (Phi) is 7.60. The number of nitrogens with zero attached hydrogens (tertiary/aromatic N) is 2. The van der Waals surface area contributed by atoms with E-state index in [4.69, 9.17) is 20.8 Å². The fourth-order valence-electron chi connectivity index (χ4n) is 2.72. The zero-order valence-electron chi connectivity index (χ0n) is 17.1. The second-order valence-electron chi connectivity index (χ2n) is 6.49. The fourth-order valence-corrected chi connectivity index (χ4v) is 4.72. The van der Waals surface area contributed by atoms with Crippen LogP contribution < -0.4 is 14.5 Å². The fraction of sp³-hybridized carbons (Fsp3) is 0.143. The molecule has 0 unspecified atom stereocenters. The first-order valence-corrected chi connectivity index (χ1v) is 11.8. The van der Waals surface area contributed by atoms with E-state index in [9.17, 15) is 13.2 Å². The minimum absolute atomic E-state index is 0.0270. The predicted octanol–water partition coefficient (Wildman–Crippen LogP) is 4.36.